The molecule has 4 rings (SSSR count). The lowest BCUT2D eigenvalue weighted by Gasteiger charge is -2.11. The van der Waals surface area contributed by atoms with Gasteiger partial charge < -0.3 is 0 Å². The fourth-order valence-electron chi connectivity index (χ4n) is 3.07. The molecule has 0 fully saturated rings. The van der Waals surface area contributed by atoms with Crippen LogP contribution in [-0.2, 0) is 0 Å². The minimum atomic E-state index is -0.460. The number of non-ortho nitro benzene ring substituents is 1. The zero-order chi connectivity index (χ0) is 19.3. The second kappa shape index (κ2) is 6.16. The third kappa shape index (κ3) is 2.65. The van der Waals surface area contributed by atoms with E-state index >= 15 is 0 Å². The zero-order valence-electron chi connectivity index (χ0n) is 14.7. The van der Waals surface area contributed by atoms with Crippen molar-refractivity contribution in [1.82, 2.24) is 24.1 Å². The molecule has 0 N–H and O–H groups in total. The third-order valence-corrected chi connectivity index (χ3v) is 4.87. The number of pyridine rings is 1. The van der Waals surface area contributed by atoms with E-state index in [4.69, 9.17) is 0 Å². The number of hydrogen-bond acceptors (Lipinski definition) is 7. The van der Waals surface area contributed by atoms with E-state index in [1.807, 2.05) is 6.26 Å². The van der Waals surface area contributed by atoms with E-state index in [-0.39, 0.29) is 11.2 Å². The van der Waals surface area contributed by atoms with Gasteiger partial charge in [0.2, 0.25) is 5.16 Å². The number of aromatic nitrogens is 5. The van der Waals surface area contributed by atoms with Gasteiger partial charge in [-0.3, -0.25) is 19.5 Å². The lowest BCUT2D eigenvalue weighted by atomic mass is 10.1. The van der Waals surface area contributed by atoms with Gasteiger partial charge in [0.25, 0.3) is 17.0 Å². The minimum absolute atomic E-state index is 0.0168. The summed E-state index contributed by atoms with van der Waals surface area (Å²) in [5.74, 6) is 0.438. The molecule has 9 nitrogen and oxygen atoms in total. The summed E-state index contributed by atoms with van der Waals surface area (Å²) in [5.41, 5.74) is 2.09. The van der Waals surface area contributed by atoms with Crippen LogP contribution >= 0.6 is 11.8 Å². The number of aryl methyl sites for hydroxylation is 2. The Bertz CT molecular complexity index is 1290. The van der Waals surface area contributed by atoms with Crippen molar-refractivity contribution in [3.63, 3.8) is 0 Å². The van der Waals surface area contributed by atoms with Crippen LogP contribution in [0.25, 0.3) is 22.4 Å². The predicted molar refractivity (Wildman–Crippen MR) is 102 cm³/mol. The molecule has 3 heterocycles. The molecule has 10 heteroatoms. The van der Waals surface area contributed by atoms with Crippen LogP contribution in [0.2, 0.25) is 0 Å². The smallest absolute Gasteiger partial charge is 0.269 e. The van der Waals surface area contributed by atoms with Gasteiger partial charge in [0.1, 0.15) is 0 Å². The van der Waals surface area contributed by atoms with E-state index in [1.165, 1.54) is 28.5 Å². The molecule has 4 aromatic rings. The van der Waals surface area contributed by atoms with E-state index < -0.39 is 4.92 Å². The highest BCUT2D eigenvalue weighted by Gasteiger charge is 2.16. The van der Waals surface area contributed by atoms with Gasteiger partial charge in [-0.25, -0.2) is 4.98 Å². The van der Waals surface area contributed by atoms with Crippen molar-refractivity contribution < 1.29 is 4.92 Å². The second-order valence-corrected chi connectivity index (χ2v) is 6.76. The van der Waals surface area contributed by atoms with Gasteiger partial charge in [-0.15, -0.1) is 5.10 Å². The van der Waals surface area contributed by atoms with Crippen LogP contribution < -0.4 is 5.56 Å². The van der Waals surface area contributed by atoms with Crippen LogP contribution in [0.1, 0.15) is 11.3 Å². The number of benzene rings is 1. The Balaban J connectivity index is 2.00. The Hall–Kier alpha value is -3.27. The largest absolute Gasteiger partial charge is 0.283 e. The highest BCUT2D eigenvalue weighted by atomic mass is 32.2. The van der Waals surface area contributed by atoms with Gasteiger partial charge in [0, 0.05) is 18.3 Å². The Morgan fingerprint density at radius 2 is 1.96 bits per heavy atom. The molecular formula is C17H14N6O3S. The molecule has 0 bridgehead atoms. The highest BCUT2D eigenvalue weighted by Crippen LogP contribution is 2.22. The Morgan fingerprint density at radius 1 is 1.19 bits per heavy atom. The van der Waals surface area contributed by atoms with Crippen molar-refractivity contribution in [1.29, 1.82) is 0 Å². The maximum Gasteiger partial charge on any atom is 0.269 e. The van der Waals surface area contributed by atoms with Gasteiger partial charge >= 0.3 is 0 Å². The Morgan fingerprint density at radius 3 is 2.63 bits per heavy atom. The number of nitro benzene ring substituents is 1. The molecule has 0 aliphatic rings. The molecule has 0 saturated heterocycles. The Labute approximate surface area is 156 Å². The van der Waals surface area contributed by atoms with E-state index in [0.29, 0.717) is 38.8 Å². The van der Waals surface area contributed by atoms with Gasteiger partial charge in [-0.05, 0) is 37.8 Å². The quantitative estimate of drug-likeness (QED) is 0.304. The number of fused-ring (bicyclic) bond motifs is 3. The number of hydrogen-bond donors (Lipinski definition) is 0. The first-order valence-corrected chi connectivity index (χ1v) is 9.21. The SMILES string of the molecule is CSc1nc2nc(C)c3c(=O)n(-c4ccc([N+](=O)[O-])cc4C)ccc3n2n1. The average Bonchev–Trinajstić information content (AvgIpc) is 3.05. The fourth-order valence-corrected chi connectivity index (χ4v) is 3.40. The summed E-state index contributed by atoms with van der Waals surface area (Å²) in [7, 11) is 0. The molecular weight excluding hydrogens is 368 g/mol. The first-order valence-electron chi connectivity index (χ1n) is 7.99. The first kappa shape index (κ1) is 17.2. The van der Waals surface area contributed by atoms with Gasteiger partial charge in [0.15, 0.2) is 0 Å². The number of rotatable bonds is 3. The van der Waals surface area contributed by atoms with Crippen molar-refractivity contribution in [3.05, 3.63) is 62.2 Å². The van der Waals surface area contributed by atoms with Crippen LogP contribution in [0.15, 0.2) is 40.4 Å². The summed E-state index contributed by atoms with van der Waals surface area (Å²) in [6.45, 7) is 3.49. The molecule has 3 aromatic heterocycles. The van der Waals surface area contributed by atoms with Crippen LogP contribution in [-0.4, -0.2) is 35.3 Å². The fraction of sp³-hybridized carbons (Fsp3) is 0.176. The molecule has 136 valence electrons. The number of nitro groups is 1. The minimum Gasteiger partial charge on any atom is -0.283 e. The first-order chi connectivity index (χ1) is 12.9. The van der Waals surface area contributed by atoms with E-state index in [1.54, 1.807) is 36.7 Å². The van der Waals surface area contributed by atoms with Crippen LogP contribution in [0, 0.1) is 24.0 Å². The van der Waals surface area contributed by atoms with Crippen LogP contribution in [0.5, 0.6) is 0 Å². The molecule has 0 radical (unpaired) electrons. The lowest BCUT2D eigenvalue weighted by molar-refractivity contribution is -0.384. The molecule has 0 saturated carbocycles. The maximum atomic E-state index is 13.2. The van der Waals surface area contributed by atoms with Gasteiger partial charge in [-0.1, -0.05) is 11.8 Å². The molecule has 1 aromatic carbocycles. The average molecular weight is 382 g/mol. The van der Waals surface area contributed by atoms with Crippen molar-refractivity contribution in [2.45, 2.75) is 19.0 Å². The third-order valence-electron chi connectivity index (χ3n) is 4.33. The molecule has 0 atom stereocenters. The summed E-state index contributed by atoms with van der Waals surface area (Å²) in [6, 6.07) is 6.18. The summed E-state index contributed by atoms with van der Waals surface area (Å²) in [5, 5.41) is 16.3. The molecule has 0 amide bonds. The zero-order valence-corrected chi connectivity index (χ0v) is 15.5. The second-order valence-electron chi connectivity index (χ2n) is 5.99. The number of nitrogens with zero attached hydrogens (tertiary/aromatic N) is 6. The van der Waals surface area contributed by atoms with Crippen molar-refractivity contribution in [3.8, 4) is 5.69 Å². The van der Waals surface area contributed by atoms with Crippen molar-refractivity contribution >= 4 is 34.1 Å². The Kier molecular flexibility index (Phi) is 3.92. The molecule has 0 spiro atoms. The molecule has 27 heavy (non-hydrogen) atoms. The van der Waals surface area contributed by atoms with Crippen molar-refractivity contribution in [2.75, 3.05) is 6.26 Å². The summed E-state index contributed by atoms with van der Waals surface area (Å²) in [6.07, 6.45) is 3.51. The molecule has 0 aliphatic heterocycles. The lowest BCUT2D eigenvalue weighted by Crippen LogP contribution is -2.20. The van der Waals surface area contributed by atoms with Crippen LogP contribution in [0.4, 0.5) is 5.69 Å². The highest BCUT2D eigenvalue weighted by molar-refractivity contribution is 7.98. The summed E-state index contributed by atoms with van der Waals surface area (Å²) in [4.78, 5) is 32.4. The van der Waals surface area contributed by atoms with E-state index in [2.05, 4.69) is 15.1 Å². The van der Waals surface area contributed by atoms with Crippen LogP contribution in [0.3, 0.4) is 0 Å². The topological polar surface area (TPSA) is 108 Å². The van der Waals surface area contributed by atoms with E-state index in [9.17, 15) is 14.9 Å². The molecule has 0 aliphatic carbocycles. The summed E-state index contributed by atoms with van der Waals surface area (Å²) < 4.78 is 3.02. The van der Waals surface area contributed by atoms with Gasteiger partial charge in [0.05, 0.1) is 27.2 Å². The monoisotopic (exact) mass is 382 g/mol. The van der Waals surface area contributed by atoms with Gasteiger partial charge in [-0.2, -0.15) is 9.50 Å². The maximum absolute atomic E-state index is 13.2. The predicted octanol–water partition coefficient (Wildman–Crippen LogP) is 2.68. The standard InChI is InChI=1S/C17H14N6O3S/c1-9-8-11(23(25)26)4-5-12(9)21-7-6-13-14(15(21)24)10(2)18-16-19-17(27-3)20-22(13)16/h4-8H,1-3H3. The number of thioether (sulfide) groups is 1. The van der Waals surface area contributed by atoms with Crippen molar-refractivity contribution in [2.24, 2.45) is 0 Å². The normalized spacial score (nSPS) is 11.4. The molecule has 0 unspecified atom stereocenters. The van der Waals surface area contributed by atoms with E-state index in [0.717, 1.165) is 0 Å². The summed E-state index contributed by atoms with van der Waals surface area (Å²) >= 11 is 1.40.